The van der Waals surface area contributed by atoms with E-state index in [1.165, 1.54) is 0 Å². The lowest BCUT2D eigenvalue weighted by atomic mass is 10.2. The zero-order valence-corrected chi connectivity index (χ0v) is 5.81. The lowest BCUT2D eigenvalue weighted by molar-refractivity contribution is 0.122. The van der Waals surface area contributed by atoms with Gasteiger partial charge in [0, 0.05) is 13.2 Å². The molecule has 0 aromatic rings. The Bertz CT molecular complexity index is 37.5. The molecule has 0 amide bonds. The molecule has 1 nitrogen and oxygen atoms in total. The summed E-state index contributed by atoms with van der Waals surface area (Å²) >= 11 is 0. The number of rotatable bonds is 3. The third-order valence-electron chi connectivity index (χ3n) is 0.655. The molecular weight excluding hydrogens is 107 g/mol. The van der Waals surface area contributed by atoms with Gasteiger partial charge in [-0.3, -0.25) is 4.70 Å². The van der Waals surface area contributed by atoms with E-state index in [1.54, 1.807) is 0 Å². The van der Waals surface area contributed by atoms with Crippen LogP contribution in [0.5, 0.6) is 0 Å². The molecule has 0 radical (unpaired) electrons. The average Bonchev–Trinajstić information content (AvgIpc) is 1.61. The highest BCUT2D eigenvalue weighted by molar-refractivity contribution is 4.36. The van der Waals surface area contributed by atoms with Crippen LogP contribution in [0.1, 0.15) is 20.8 Å². The molecule has 0 spiro atoms. The van der Waals surface area contributed by atoms with Gasteiger partial charge in [-0.15, -0.1) is 0 Å². The van der Waals surface area contributed by atoms with Gasteiger partial charge in [-0.1, -0.05) is 13.8 Å². The largest absolute Gasteiger partial charge is 0.381 e. The molecular formula is C6H15FO. The lowest BCUT2D eigenvalue weighted by Crippen LogP contribution is -2.00. The molecule has 0 fully saturated rings. The molecule has 8 heavy (non-hydrogen) atoms. The first-order valence-electron chi connectivity index (χ1n) is 2.85. The predicted molar refractivity (Wildman–Crippen MR) is 33.8 cm³/mol. The molecule has 0 aromatic heterocycles. The Morgan fingerprint density at radius 3 is 2.00 bits per heavy atom. The zero-order valence-electron chi connectivity index (χ0n) is 5.81. The highest BCUT2D eigenvalue weighted by atomic mass is 19.0. The Morgan fingerprint density at radius 2 is 1.88 bits per heavy atom. The zero-order chi connectivity index (χ0) is 5.70. The fourth-order valence-electron chi connectivity index (χ4n) is 0.354. The molecule has 0 aliphatic heterocycles. The number of halogens is 1. The summed E-state index contributed by atoms with van der Waals surface area (Å²) in [5.74, 6) is 0.681. The molecule has 0 bridgehead atoms. The second-order valence-corrected chi connectivity index (χ2v) is 2.05. The molecule has 52 valence electrons. The monoisotopic (exact) mass is 122 g/mol. The summed E-state index contributed by atoms with van der Waals surface area (Å²) in [6, 6.07) is 0. The highest BCUT2D eigenvalue weighted by Gasteiger charge is 1.88. The summed E-state index contributed by atoms with van der Waals surface area (Å²) in [6.07, 6.45) is 0. The van der Waals surface area contributed by atoms with Crippen LogP contribution in [0.25, 0.3) is 0 Å². The van der Waals surface area contributed by atoms with E-state index in [-0.39, 0.29) is 4.70 Å². The van der Waals surface area contributed by atoms with Crippen LogP contribution in [0, 0.1) is 5.92 Å². The van der Waals surface area contributed by atoms with Crippen LogP contribution >= 0.6 is 0 Å². The van der Waals surface area contributed by atoms with Crippen molar-refractivity contribution in [1.82, 2.24) is 0 Å². The van der Waals surface area contributed by atoms with Crippen molar-refractivity contribution in [3.8, 4) is 0 Å². The molecule has 0 saturated carbocycles. The Kier molecular flexibility index (Phi) is 9.30. The normalized spacial score (nSPS) is 9.00. The molecule has 0 N–H and O–H groups in total. The van der Waals surface area contributed by atoms with E-state index in [9.17, 15) is 0 Å². The topological polar surface area (TPSA) is 9.23 Å². The predicted octanol–water partition coefficient (Wildman–Crippen LogP) is 1.83. The quantitative estimate of drug-likeness (QED) is 0.555. The Hall–Kier alpha value is -0.110. The third-order valence-corrected chi connectivity index (χ3v) is 0.655. The van der Waals surface area contributed by atoms with Gasteiger partial charge in [0.2, 0.25) is 0 Å². The summed E-state index contributed by atoms with van der Waals surface area (Å²) < 4.78 is 5.09. The van der Waals surface area contributed by atoms with Crippen molar-refractivity contribution < 1.29 is 9.44 Å². The van der Waals surface area contributed by atoms with Crippen molar-refractivity contribution in [2.24, 2.45) is 5.92 Å². The summed E-state index contributed by atoms with van der Waals surface area (Å²) in [6.45, 7) is 8.06. The van der Waals surface area contributed by atoms with E-state index in [4.69, 9.17) is 4.74 Å². The average molecular weight is 122 g/mol. The third kappa shape index (κ3) is 9.31. The molecule has 2 heteroatoms. The standard InChI is InChI=1S/C6H14O.FH/c1-4-7-5-6(2)3;/h6H,4-5H2,1-3H3;1H. The lowest BCUT2D eigenvalue weighted by Gasteiger charge is -2.01. The van der Waals surface area contributed by atoms with Gasteiger partial charge in [0.05, 0.1) is 0 Å². The van der Waals surface area contributed by atoms with Crippen LogP contribution in [0.4, 0.5) is 4.70 Å². The number of hydrogen-bond donors (Lipinski definition) is 0. The highest BCUT2D eigenvalue weighted by Crippen LogP contribution is 1.90. The molecule has 0 heterocycles. The van der Waals surface area contributed by atoms with Gasteiger partial charge in [0.15, 0.2) is 0 Å². The molecule has 0 saturated heterocycles. The number of ether oxygens (including phenoxy) is 1. The van der Waals surface area contributed by atoms with E-state index in [1.807, 2.05) is 6.92 Å². The van der Waals surface area contributed by atoms with Crippen LogP contribution in [-0.2, 0) is 4.74 Å². The van der Waals surface area contributed by atoms with Crippen molar-refractivity contribution in [2.45, 2.75) is 20.8 Å². The van der Waals surface area contributed by atoms with Crippen LogP contribution in [0.3, 0.4) is 0 Å². The van der Waals surface area contributed by atoms with Crippen molar-refractivity contribution in [3.05, 3.63) is 0 Å². The smallest absolute Gasteiger partial charge is 0.0488 e. The molecule has 0 aliphatic carbocycles. The minimum Gasteiger partial charge on any atom is -0.381 e. The Labute approximate surface area is 50.4 Å². The fraction of sp³-hybridized carbons (Fsp3) is 1.00. The first-order chi connectivity index (χ1) is 3.27. The Morgan fingerprint density at radius 1 is 1.38 bits per heavy atom. The second-order valence-electron chi connectivity index (χ2n) is 2.05. The van der Waals surface area contributed by atoms with Gasteiger partial charge < -0.3 is 4.74 Å². The molecule has 0 aromatic carbocycles. The van der Waals surface area contributed by atoms with Crippen molar-refractivity contribution >= 4 is 0 Å². The fourth-order valence-corrected chi connectivity index (χ4v) is 0.354. The minimum absolute atomic E-state index is 0. The summed E-state index contributed by atoms with van der Waals surface area (Å²) in [5.41, 5.74) is 0. The van der Waals surface area contributed by atoms with E-state index in [0.29, 0.717) is 5.92 Å². The van der Waals surface area contributed by atoms with Crippen LogP contribution in [-0.4, -0.2) is 13.2 Å². The van der Waals surface area contributed by atoms with Gasteiger partial charge in [0.25, 0.3) is 0 Å². The number of hydrogen-bond acceptors (Lipinski definition) is 1. The maximum atomic E-state index is 5.09. The molecule has 0 unspecified atom stereocenters. The maximum Gasteiger partial charge on any atom is 0.0488 e. The maximum absolute atomic E-state index is 5.09. The van der Waals surface area contributed by atoms with Gasteiger partial charge >= 0.3 is 0 Å². The van der Waals surface area contributed by atoms with Gasteiger partial charge in [-0.25, -0.2) is 0 Å². The first-order valence-corrected chi connectivity index (χ1v) is 2.85. The first kappa shape index (κ1) is 10.8. The SMILES string of the molecule is CCOCC(C)C.F. The minimum atomic E-state index is 0. The van der Waals surface area contributed by atoms with Crippen molar-refractivity contribution in [2.75, 3.05) is 13.2 Å². The second kappa shape index (κ2) is 6.89. The van der Waals surface area contributed by atoms with Crippen molar-refractivity contribution in [3.63, 3.8) is 0 Å². The van der Waals surface area contributed by atoms with Gasteiger partial charge in [0.1, 0.15) is 0 Å². The van der Waals surface area contributed by atoms with Crippen LogP contribution in [0.2, 0.25) is 0 Å². The van der Waals surface area contributed by atoms with E-state index < -0.39 is 0 Å². The molecule has 0 rings (SSSR count). The summed E-state index contributed by atoms with van der Waals surface area (Å²) in [4.78, 5) is 0. The van der Waals surface area contributed by atoms with E-state index in [0.717, 1.165) is 13.2 Å². The molecule has 0 aliphatic rings. The molecule has 0 atom stereocenters. The van der Waals surface area contributed by atoms with Crippen LogP contribution in [0.15, 0.2) is 0 Å². The summed E-state index contributed by atoms with van der Waals surface area (Å²) in [7, 11) is 0. The van der Waals surface area contributed by atoms with Gasteiger partial charge in [-0.05, 0) is 12.8 Å². The summed E-state index contributed by atoms with van der Waals surface area (Å²) in [5, 5.41) is 0. The van der Waals surface area contributed by atoms with Gasteiger partial charge in [-0.2, -0.15) is 0 Å². The van der Waals surface area contributed by atoms with Crippen molar-refractivity contribution in [1.29, 1.82) is 0 Å². The van der Waals surface area contributed by atoms with Crippen LogP contribution < -0.4 is 0 Å². The Balaban J connectivity index is 0. The van der Waals surface area contributed by atoms with E-state index in [2.05, 4.69) is 13.8 Å². The van der Waals surface area contributed by atoms with E-state index >= 15 is 0 Å².